The van der Waals surface area contributed by atoms with Crippen molar-refractivity contribution in [3.05, 3.63) is 158 Å². The van der Waals surface area contributed by atoms with Crippen molar-refractivity contribution in [2.75, 3.05) is 39.6 Å². The van der Waals surface area contributed by atoms with E-state index >= 15 is 0 Å². The number of esters is 4. The Bertz CT molecular complexity index is 2630. The lowest BCUT2D eigenvalue weighted by molar-refractivity contribution is -0.161. The Kier molecular flexibility index (Phi) is 73.9. The van der Waals surface area contributed by atoms with E-state index in [1.54, 1.807) is 6.08 Å². The van der Waals surface area contributed by atoms with Gasteiger partial charge in [-0.2, -0.15) is 0 Å². The Balaban J connectivity index is 5.49. The zero-order valence-corrected chi connectivity index (χ0v) is 67.8. The minimum absolute atomic E-state index is 0.00688. The first-order valence-electron chi connectivity index (χ1n) is 40.7. The number of carbonyl (C=O) groups is 4. The predicted octanol–water partition coefficient (Wildman–Crippen LogP) is 24.0. The van der Waals surface area contributed by atoms with Crippen LogP contribution in [0, 0.1) is 0 Å². The molecule has 0 radical (unpaired) electrons. The van der Waals surface area contributed by atoms with Gasteiger partial charge >= 0.3 is 39.5 Å². The standard InChI is InChI=1S/C87H144O17P2/c1-5-9-13-17-21-25-29-33-37-39-40-42-45-48-52-56-60-64-68-72-85(90)98-78-83(104-87(92)74-70-66-62-58-54-50-46-41-38-34-30-26-22-18-14-10-6-2)80-102-106(95,96)100-76-81(88)75-99-105(93,94)101-79-82(103-86(91)73-69-65-61-57-53-49-44-36-32-28-24-20-16-12-8-4)77-97-84(89)71-67-63-59-55-51-47-43-35-31-27-23-19-15-11-7-3/h10-11,14-15,21-23,25-27,33-35,37-38,40,42-43,46,50-51,55,58,62-63,67,81-83,88H,5-9,12-13,16-20,24,28-32,36,39,41,44-45,47-49,52-54,56-57,59-61,64-66,68-80H2,1-4H3,(H,93,94)(H,95,96)/b14-10-,15-11-,25-21-,26-22-,27-23-,37-33-,38-34-,42-40-,43-35-,50-46-,55-51-,62-58-,67-63-. The van der Waals surface area contributed by atoms with Crippen LogP contribution < -0.4 is 0 Å². The third-order valence-electron chi connectivity index (χ3n) is 16.5. The molecule has 17 nitrogen and oxygen atoms in total. The summed E-state index contributed by atoms with van der Waals surface area (Å²) >= 11 is 0. The van der Waals surface area contributed by atoms with Crippen molar-refractivity contribution >= 4 is 39.5 Å². The second-order valence-corrected chi connectivity index (χ2v) is 29.5. The molecule has 5 unspecified atom stereocenters. The average molecular weight is 1520 g/mol. The number of carbonyl (C=O) groups excluding carboxylic acids is 4. The van der Waals surface area contributed by atoms with Gasteiger partial charge in [-0.3, -0.25) is 37.3 Å². The Morgan fingerprint density at radius 1 is 0.283 bits per heavy atom. The Hall–Kier alpha value is -5.32. The molecule has 0 spiro atoms. The molecule has 0 saturated carbocycles. The maximum Gasteiger partial charge on any atom is 0.472 e. The minimum atomic E-state index is -5.01. The fourth-order valence-corrected chi connectivity index (χ4v) is 12.0. The molecule has 0 bridgehead atoms. The molecule has 0 aliphatic rings. The van der Waals surface area contributed by atoms with Gasteiger partial charge in [0.1, 0.15) is 19.3 Å². The van der Waals surface area contributed by atoms with Gasteiger partial charge in [0, 0.05) is 19.3 Å². The number of allylic oxidation sites excluding steroid dienone is 25. The van der Waals surface area contributed by atoms with Crippen molar-refractivity contribution in [3.63, 3.8) is 0 Å². The SMILES string of the molecule is CC/C=C\C/C=C\C/C=C\C/C=C\C/C=C\CCCC(=O)OC(COC(=O)CCCCCCCC/C=C\C/C=C\C/C=C\CCCCC)COP(=O)(O)OCC(O)COP(=O)(O)OCC(COC(=O)C/C=C\C/C=C\C/C=C\C/C=C\C/C=C\CC)OC(=O)CCCCCCCCCCCCCCCCC. The highest BCUT2D eigenvalue weighted by molar-refractivity contribution is 7.47. The van der Waals surface area contributed by atoms with Crippen molar-refractivity contribution < 1.29 is 80.2 Å². The van der Waals surface area contributed by atoms with Gasteiger partial charge in [-0.25, -0.2) is 9.13 Å². The second kappa shape index (κ2) is 77.8. The molecule has 0 heterocycles. The summed E-state index contributed by atoms with van der Waals surface area (Å²) in [5, 5.41) is 10.6. The molecule has 0 rings (SSSR count). The van der Waals surface area contributed by atoms with Gasteiger partial charge in [0.25, 0.3) is 0 Å². The predicted molar refractivity (Wildman–Crippen MR) is 436 cm³/mol. The molecule has 0 saturated heterocycles. The zero-order chi connectivity index (χ0) is 77.4. The van der Waals surface area contributed by atoms with E-state index in [9.17, 15) is 43.2 Å². The molecular formula is C87H144O17P2. The minimum Gasteiger partial charge on any atom is -0.462 e. The molecule has 0 aliphatic carbocycles. The van der Waals surface area contributed by atoms with Crippen LogP contribution in [0.4, 0.5) is 0 Å². The maximum atomic E-state index is 13.1. The highest BCUT2D eigenvalue weighted by Crippen LogP contribution is 2.45. The van der Waals surface area contributed by atoms with Gasteiger partial charge in [0.2, 0.25) is 0 Å². The summed E-state index contributed by atoms with van der Waals surface area (Å²) in [6, 6.07) is 0. The lowest BCUT2D eigenvalue weighted by Crippen LogP contribution is -2.30. The highest BCUT2D eigenvalue weighted by atomic mass is 31.2. The van der Waals surface area contributed by atoms with Gasteiger partial charge in [0.15, 0.2) is 12.2 Å². The van der Waals surface area contributed by atoms with E-state index in [0.29, 0.717) is 32.1 Å². The van der Waals surface area contributed by atoms with Gasteiger partial charge < -0.3 is 33.8 Å². The lowest BCUT2D eigenvalue weighted by Gasteiger charge is -2.21. The van der Waals surface area contributed by atoms with Gasteiger partial charge in [-0.05, 0) is 128 Å². The lowest BCUT2D eigenvalue weighted by atomic mass is 10.0. The van der Waals surface area contributed by atoms with E-state index in [-0.39, 0.29) is 25.7 Å². The van der Waals surface area contributed by atoms with E-state index in [1.165, 1.54) is 83.5 Å². The third kappa shape index (κ3) is 76.9. The molecule has 604 valence electrons. The topological polar surface area (TPSA) is 237 Å². The third-order valence-corrected chi connectivity index (χ3v) is 18.4. The quantitative estimate of drug-likeness (QED) is 0.0169. The average Bonchev–Trinajstić information content (AvgIpc) is 0.907. The maximum absolute atomic E-state index is 13.1. The fraction of sp³-hybridized carbons (Fsp3) is 0.655. The summed E-state index contributed by atoms with van der Waals surface area (Å²) in [7, 11) is -10.0. The molecule has 19 heteroatoms. The summed E-state index contributed by atoms with van der Waals surface area (Å²) in [6.45, 7) is 4.44. The zero-order valence-electron chi connectivity index (χ0n) is 66.1. The molecule has 3 N–H and O–H groups in total. The Morgan fingerprint density at radius 2 is 0.538 bits per heavy atom. The molecule has 5 atom stereocenters. The first kappa shape index (κ1) is 101. The molecule has 106 heavy (non-hydrogen) atoms. The van der Waals surface area contributed by atoms with Crippen LogP contribution in [0.2, 0.25) is 0 Å². The molecule has 0 aromatic carbocycles. The Labute approximate surface area is 642 Å². The number of hydrogen-bond donors (Lipinski definition) is 3. The molecular weight excluding hydrogens is 1380 g/mol. The van der Waals surface area contributed by atoms with E-state index in [0.717, 1.165) is 141 Å². The second-order valence-electron chi connectivity index (χ2n) is 26.6. The van der Waals surface area contributed by atoms with Crippen molar-refractivity contribution in [1.82, 2.24) is 0 Å². The van der Waals surface area contributed by atoms with Crippen LogP contribution in [-0.2, 0) is 65.4 Å². The van der Waals surface area contributed by atoms with E-state index in [1.807, 2.05) is 30.4 Å². The summed E-state index contributed by atoms with van der Waals surface area (Å²) < 4.78 is 68.5. The van der Waals surface area contributed by atoms with Gasteiger partial charge in [-0.15, -0.1) is 0 Å². The highest BCUT2D eigenvalue weighted by Gasteiger charge is 2.30. The smallest absolute Gasteiger partial charge is 0.462 e. The van der Waals surface area contributed by atoms with Crippen LogP contribution >= 0.6 is 15.6 Å². The molecule has 0 amide bonds. The normalized spacial score (nSPS) is 14.7. The first-order valence-corrected chi connectivity index (χ1v) is 43.7. The van der Waals surface area contributed by atoms with E-state index in [4.69, 9.17) is 37.0 Å². The van der Waals surface area contributed by atoms with Crippen molar-refractivity contribution in [1.29, 1.82) is 0 Å². The van der Waals surface area contributed by atoms with Crippen LogP contribution in [0.1, 0.15) is 310 Å². The van der Waals surface area contributed by atoms with Gasteiger partial charge in [0.05, 0.1) is 32.8 Å². The number of rotatable bonds is 75. The fourth-order valence-electron chi connectivity index (χ4n) is 10.4. The van der Waals surface area contributed by atoms with Gasteiger partial charge in [-0.1, -0.05) is 314 Å². The van der Waals surface area contributed by atoms with Crippen molar-refractivity contribution in [2.24, 2.45) is 0 Å². The molecule has 0 aromatic rings. The largest absolute Gasteiger partial charge is 0.472 e. The number of ether oxygens (including phenoxy) is 4. The number of phosphoric acid groups is 2. The van der Waals surface area contributed by atoms with Crippen LogP contribution in [0.15, 0.2) is 158 Å². The summed E-state index contributed by atoms with van der Waals surface area (Å²) in [6.07, 6.45) is 91.1. The Morgan fingerprint density at radius 3 is 0.896 bits per heavy atom. The van der Waals surface area contributed by atoms with E-state index in [2.05, 4.69) is 149 Å². The van der Waals surface area contributed by atoms with Crippen LogP contribution in [0.3, 0.4) is 0 Å². The number of unbranched alkanes of at least 4 members (excludes halogenated alkanes) is 24. The summed E-state index contributed by atoms with van der Waals surface area (Å²) in [5.74, 6) is -2.41. The number of aliphatic hydroxyl groups is 1. The number of aliphatic hydroxyl groups excluding tert-OH is 1. The van der Waals surface area contributed by atoms with Crippen LogP contribution in [-0.4, -0.2) is 96.7 Å². The first-order chi connectivity index (χ1) is 51.7. The number of hydrogen-bond acceptors (Lipinski definition) is 15. The summed E-state index contributed by atoms with van der Waals surface area (Å²) in [4.78, 5) is 73.0. The van der Waals surface area contributed by atoms with Crippen molar-refractivity contribution in [3.8, 4) is 0 Å². The monoisotopic (exact) mass is 1520 g/mol. The van der Waals surface area contributed by atoms with E-state index < -0.39 is 97.5 Å². The molecule has 0 fully saturated rings. The number of phosphoric ester groups is 2. The summed E-state index contributed by atoms with van der Waals surface area (Å²) in [5.41, 5.74) is 0. The van der Waals surface area contributed by atoms with Crippen molar-refractivity contribution in [2.45, 2.75) is 329 Å². The van der Waals surface area contributed by atoms with Crippen LogP contribution in [0.5, 0.6) is 0 Å². The molecule has 0 aromatic heterocycles. The van der Waals surface area contributed by atoms with Crippen LogP contribution in [0.25, 0.3) is 0 Å². The molecule has 0 aliphatic heterocycles.